The van der Waals surface area contributed by atoms with Gasteiger partial charge < -0.3 is 10.3 Å². The summed E-state index contributed by atoms with van der Waals surface area (Å²) in [6, 6.07) is 11.5. The smallest absolute Gasteiger partial charge is 0.358 e. The molecule has 0 bridgehead atoms. The number of hydrogen-bond donors (Lipinski definition) is 6. The number of rotatable bonds is 3. The van der Waals surface area contributed by atoms with Crippen LogP contribution in [0.1, 0.15) is 35.0 Å². The van der Waals surface area contributed by atoms with Crippen LogP contribution in [-0.2, 0) is 46.6 Å². The molecule has 0 amide bonds. The Morgan fingerprint density at radius 3 is 2.21 bits per heavy atom. The van der Waals surface area contributed by atoms with Gasteiger partial charge in [-0.05, 0) is 55.5 Å². The Morgan fingerprint density at radius 2 is 1.64 bits per heavy atom. The Bertz CT molecular complexity index is 1240. The number of aryl methyl sites for hydroxylation is 3. The molecule has 1 atom stereocenters. The van der Waals surface area contributed by atoms with Crippen molar-refractivity contribution in [1.29, 1.82) is 0 Å². The second-order valence-corrected chi connectivity index (χ2v) is 9.40. The molecule has 13 heteroatoms. The van der Waals surface area contributed by atoms with Gasteiger partial charge in [0.2, 0.25) is 0 Å². The van der Waals surface area contributed by atoms with Crippen molar-refractivity contribution in [3.63, 3.8) is 0 Å². The molecule has 182 valence electrons. The summed E-state index contributed by atoms with van der Waals surface area (Å²) >= 11 is 0. The molecule has 0 fully saturated rings. The van der Waals surface area contributed by atoms with E-state index in [4.69, 9.17) is 35.0 Å². The number of H-pyrrole nitrogens is 1. The normalized spacial score (nSPS) is 15.6. The van der Waals surface area contributed by atoms with Gasteiger partial charge in [-0.15, -0.1) is 0 Å². The van der Waals surface area contributed by atoms with E-state index in [1.54, 1.807) is 0 Å². The van der Waals surface area contributed by atoms with Crippen LogP contribution >= 0.6 is 0 Å². The zero-order chi connectivity index (χ0) is 24.8. The summed E-state index contributed by atoms with van der Waals surface area (Å²) in [7, 11) is -9.33. The summed E-state index contributed by atoms with van der Waals surface area (Å²) in [5.74, 6) is 0. The molecule has 1 aromatic carbocycles. The highest BCUT2D eigenvalue weighted by atomic mass is 32.3. The van der Waals surface area contributed by atoms with Gasteiger partial charge in [-0.3, -0.25) is 23.2 Å². The number of nitrogens with one attached hydrogen (secondary N) is 2. The number of benzene rings is 1. The van der Waals surface area contributed by atoms with Crippen molar-refractivity contribution in [1.82, 2.24) is 15.3 Å². The molecule has 0 spiro atoms. The van der Waals surface area contributed by atoms with Crippen molar-refractivity contribution >= 4 is 31.7 Å². The maximum absolute atomic E-state index is 8.74. The first-order valence-electron chi connectivity index (χ1n) is 9.86. The van der Waals surface area contributed by atoms with Crippen molar-refractivity contribution in [2.75, 3.05) is 0 Å². The minimum Gasteiger partial charge on any atom is -0.358 e. The zero-order valence-electron chi connectivity index (χ0n) is 18.1. The van der Waals surface area contributed by atoms with Crippen LogP contribution < -0.4 is 5.32 Å². The minimum absolute atomic E-state index is 0.553. The standard InChI is InChI=1S/C20H23N3.2H2O4S/c1-13-6-7-15(11-21-13)8-9-16-4-3-5-18-20(16)17-12-22-14(2)10-19(17)23-18;2*1-5(2,3)4/h3-7,11,14,22-23H,8-10,12H2,1-2H3;2*(H2,1,2,3,4). The van der Waals surface area contributed by atoms with Crippen LogP contribution in [0.4, 0.5) is 0 Å². The Morgan fingerprint density at radius 1 is 1.00 bits per heavy atom. The van der Waals surface area contributed by atoms with Gasteiger partial charge in [-0.1, -0.05) is 18.2 Å². The van der Waals surface area contributed by atoms with E-state index in [0.717, 1.165) is 31.5 Å². The monoisotopic (exact) mass is 501 g/mol. The summed E-state index contributed by atoms with van der Waals surface area (Å²) in [5.41, 5.74) is 7.99. The van der Waals surface area contributed by atoms with Crippen LogP contribution in [0.2, 0.25) is 0 Å². The van der Waals surface area contributed by atoms with E-state index < -0.39 is 20.8 Å². The van der Waals surface area contributed by atoms with Crippen LogP contribution in [0, 0.1) is 6.92 Å². The summed E-state index contributed by atoms with van der Waals surface area (Å²) in [6.45, 7) is 5.25. The van der Waals surface area contributed by atoms with Gasteiger partial charge in [0, 0.05) is 47.5 Å². The Balaban J connectivity index is 0.000000327. The number of aromatic nitrogens is 2. The fourth-order valence-electron chi connectivity index (χ4n) is 3.61. The molecule has 1 aliphatic heterocycles. The SMILES string of the molecule is Cc1ccc(CCc2cccc3[nH]c4c(c23)CNC(C)C4)cn1.O=S(=O)(O)O.O=S(=O)(O)O. The first-order valence-corrected chi connectivity index (χ1v) is 12.7. The second-order valence-electron chi connectivity index (χ2n) is 7.61. The topological polar surface area (TPSA) is 190 Å². The van der Waals surface area contributed by atoms with Crippen molar-refractivity contribution in [2.45, 2.75) is 45.7 Å². The quantitative estimate of drug-likeness (QED) is 0.291. The van der Waals surface area contributed by atoms with Crippen molar-refractivity contribution in [3.8, 4) is 0 Å². The maximum Gasteiger partial charge on any atom is 0.394 e. The van der Waals surface area contributed by atoms with E-state index in [2.05, 4.69) is 52.5 Å². The molecule has 0 radical (unpaired) electrons. The van der Waals surface area contributed by atoms with Crippen molar-refractivity contribution in [2.24, 2.45) is 0 Å². The predicted octanol–water partition coefficient (Wildman–Crippen LogP) is 2.39. The fourth-order valence-corrected chi connectivity index (χ4v) is 3.61. The Hall–Kier alpha value is -2.39. The van der Waals surface area contributed by atoms with Crippen LogP contribution in [0.3, 0.4) is 0 Å². The van der Waals surface area contributed by atoms with E-state index in [-0.39, 0.29) is 0 Å². The number of nitrogens with zero attached hydrogens (tertiary/aromatic N) is 1. The highest BCUT2D eigenvalue weighted by Gasteiger charge is 2.20. The zero-order valence-corrected chi connectivity index (χ0v) is 19.7. The second kappa shape index (κ2) is 11.2. The summed E-state index contributed by atoms with van der Waals surface area (Å²) in [5, 5.41) is 5.03. The van der Waals surface area contributed by atoms with E-state index in [1.807, 2.05) is 13.1 Å². The molecule has 6 N–H and O–H groups in total. The first kappa shape index (κ1) is 26.9. The minimum atomic E-state index is -4.67. The molecule has 33 heavy (non-hydrogen) atoms. The third kappa shape index (κ3) is 9.96. The molecular weight excluding hydrogens is 474 g/mol. The fraction of sp³-hybridized carbons (Fsp3) is 0.350. The predicted molar refractivity (Wildman–Crippen MR) is 123 cm³/mol. The molecule has 2 aromatic heterocycles. The van der Waals surface area contributed by atoms with Crippen molar-refractivity contribution in [3.05, 3.63) is 64.6 Å². The summed E-state index contributed by atoms with van der Waals surface area (Å²) in [6.07, 6.45) is 5.19. The van der Waals surface area contributed by atoms with Gasteiger partial charge in [0.25, 0.3) is 0 Å². The Labute approximate surface area is 192 Å². The summed E-state index contributed by atoms with van der Waals surface area (Å²) < 4.78 is 63.2. The molecule has 0 saturated carbocycles. The maximum atomic E-state index is 8.74. The highest BCUT2D eigenvalue weighted by Crippen LogP contribution is 2.29. The molecule has 1 aliphatic rings. The Kier molecular flexibility index (Phi) is 9.08. The molecule has 3 aromatic rings. The van der Waals surface area contributed by atoms with Gasteiger partial charge in [-0.25, -0.2) is 0 Å². The van der Waals surface area contributed by atoms with Crippen LogP contribution in [-0.4, -0.2) is 51.1 Å². The van der Waals surface area contributed by atoms with Crippen LogP contribution in [0.5, 0.6) is 0 Å². The average molecular weight is 502 g/mol. The lowest BCUT2D eigenvalue weighted by molar-refractivity contribution is 0.378. The number of pyridine rings is 1. The number of aromatic amines is 1. The van der Waals surface area contributed by atoms with Crippen LogP contribution in [0.25, 0.3) is 10.9 Å². The van der Waals surface area contributed by atoms with E-state index >= 15 is 0 Å². The van der Waals surface area contributed by atoms with Gasteiger partial charge in [0.15, 0.2) is 0 Å². The molecule has 4 rings (SSSR count). The van der Waals surface area contributed by atoms with Gasteiger partial charge in [-0.2, -0.15) is 16.8 Å². The molecule has 11 nitrogen and oxygen atoms in total. The molecular formula is C20H27N3O8S2. The molecule has 3 heterocycles. The third-order valence-electron chi connectivity index (χ3n) is 4.90. The number of hydrogen-bond acceptors (Lipinski definition) is 6. The lowest BCUT2D eigenvalue weighted by Gasteiger charge is -2.20. The average Bonchev–Trinajstić information content (AvgIpc) is 3.03. The lowest BCUT2D eigenvalue weighted by atomic mass is 9.96. The van der Waals surface area contributed by atoms with Crippen molar-refractivity contribution < 1.29 is 35.0 Å². The van der Waals surface area contributed by atoms with E-state index in [9.17, 15) is 0 Å². The van der Waals surface area contributed by atoms with Gasteiger partial charge in [0.05, 0.1) is 0 Å². The number of fused-ring (bicyclic) bond motifs is 3. The molecule has 0 saturated heterocycles. The van der Waals surface area contributed by atoms with Gasteiger partial charge in [0.1, 0.15) is 0 Å². The molecule has 0 aliphatic carbocycles. The van der Waals surface area contributed by atoms with E-state index in [0.29, 0.717) is 6.04 Å². The third-order valence-corrected chi connectivity index (χ3v) is 4.90. The first-order chi connectivity index (χ1) is 15.2. The summed E-state index contributed by atoms with van der Waals surface area (Å²) in [4.78, 5) is 8.05. The lowest BCUT2D eigenvalue weighted by Crippen LogP contribution is -2.32. The molecule has 1 unspecified atom stereocenters. The van der Waals surface area contributed by atoms with Gasteiger partial charge >= 0.3 is 20.8 Å². The largest absolute Gasteiger partial charge is 0.394 e. The highest BCUT2D eigenvalue weighted by molar-refractivity contribution is 7.80. The van der Waals surface area contributed by atoms with E-state index in [1.165, 1.54) is 33.3 Å². The van der Waals surface area contributed by atoms with Crippen LogP contribution in [0.15, 0.2) is 36.5 Å².